The van der Waals surface area contributed by atoms with E-state index in [1.165, 1.54) is 18.2 Å². The van der Waals surface area contributed by atoms with Crippen molar-refractivity contribution in [3.63, 3.8) is 0 Å². The second-order valence-corrected chi connectivity index (χ2v) is 8.70. The number of carboxylic acid groups (broad SMARTS) is 1. The normalized spacial score (nSPS) is 21.2. The number of fused-ring (bicyclic) bond motifs is 1. The molecule has 1 heterocycles. The molecule has 0 spiro atoms. The molecule has 0 radical (unpaired) electrons. The van der Waals surface area contributed by atoms with E-state index in [9.17, 15) is 29.6 Å². The molecule has 0 fully saturated rings. The van der Waals surface area contributed by atoms with Crippen molar-refractivity contribution in [3.8, 4) is 0 Å². The third kappa shape index (κ3) is 3.52. The summed E-state index contributed by atoms with van der Waals surface area (Å²) in [4.78, 5) is 49.5. The molecule has 3 amide bonds. The molecule has 1 aliphatic heterocycles. The van der Waals surface area contributed by atoms with Gasteiger partial charge in [-0.1, -0.05) is 53.0 Å². The highest BCUT2D eigenvalue weighted by Gasteiger charge is 2.48. The van der Waals surface area contributed by atoms with E-state index in [1.54, 1.807) is 6.08 Å². The molecule has 9 nitrogen and oxygen atoms in total. The van der Waals surface area contributed by atoms with Crippen molar-refractivity contribution in [1.82, 2.24) is 9.80 Å². The zero-order valence-corrected chi connectivity index (χ0v) is 16.2. The number of nitro benzene ring substituents is 1. The van der Waals surface area contributed by atoms with Gasteiger partial charge in [0.15, 0.2) is 0 Å². The molecule has 2 atom stereocenters. The largest absolute Gasteiger partial charge is 0.465 e. The maximum absolute atomic E-state index is 12.9. The number of rotatable bonds is 4. The van der Waals surface area contributed by atoms with Gasteiger partial charge in [-0.05, 0) is 12.5 Å². The number of benzene rings is 1. The molecule has 1 N–H and O–H groups in total. The van der Waals surface area contributed by atoms with Crippen LogP contribution in [0.4, 0.5) is 10.5 Å². The van der Waals surface area contributed by atoms with Gasteiger partial charge in [-0.3, -0.25) is 29.5 Å². The van der Waals surface area contributed by atoms with E-state index in [-0.39, 0.29) is 17.5 Å². The highest BCUT2D eigenvalue weighted by atomic mass is 35.6. The molecule has 1 aromatic carbocycles. The lowest BCUT2D eigenvalue weighted by Gasteiger charge is -2.35. The average Bonchev–Trinajstić information content (AvgIpc) is 3.15. The molecular weight excluding hydrogens is 437 g/mol. The first-order chi connectivity index (χ1) is 13.0. The lowest BCUT2D eigenvalue weighted by Crippen LogP contribution is -2.54. The molecule has 0 saturated heterocycles. The average molecular weight is 449 g/mol. The molecule has 0 aromatic heterocycles. The quantitative estimate of drug-likeness (QED) is 0.248. The minimum absolute atomic E-state index is 0.104. The summed E-state index contributed by atoms with van der Waals surface area (Å²) in [6.45, 7) is -0.498. The molecule has 0 bridgehead atoms. The van der Waals surface area contributed by atoms with Gasteiger partial charge < -0.3 is 5.11 Å². The van der Waals surface area contributed by atoms with Crippen LogP contribution in [0, 0.1) is 10.1 Å². The Labute approximate surface area is 173 Å². The van der Waals surface area contributed by atoms with Crippen molar-refractivity contribution < 1.29 is 24.4 Å². The van der Waals surface area contributed by atoms with Gasteiger partial charge >= 0.3 is 6.09 Å². The van der Waals surface area contributed by atoms with Crippen molar-refractivity contribution in [2.24, 2.45) is 0 Å². The minimum Gasteiger partial charge on any atom is -0.465 e. The number of imide groups is 1. The number of halogens is 3. The maximum Gasteiger partial charge on any atom is 0.408 e. The Morgan fingerprint density at radius 1 is 1.32 bits per heavy atom. The Balaban J connectivity index is 1.98. The summed E-state index contributed by atoms with van der Waals surface area (Å²) in [6, 6.07) is 1.87. The minimum atomic E-state index is -1.92. The fourth-order valence-electron chi connectivity index (χ4n) is 3.43. The van der Waals surface area contributed by atoms with Crippen molar-refractivity contribution in [2.45, 2.75) is 22.3 Å². The van der Waals surface area contributed by atoms with E-state index in [2.05, 4.69) is 0 Å². The zero-order valence-electron chi connectivity index (χ0n) is 13.9. The fraction of sp³-hybridized carbons (Fsp3) is 0.312. The topological polar surface area (TPSA) is 121 Å². The fourth-order valence-corrected chi connectivity index (χ4v) is 3.81. The van der Waals surface area contributed by atoms with E-state index in [0.29, 0.717) is 0 Å². The number of carbonyl (C=O) groups excluding carboxylic acids is 2. The van der Waals surface area contributed by atoms with E-state index in [4.69, 9.17) is 34.8 Å². The predicted octanol–water partition coefficient (Wildman–Crippen LogP) is 3.24. The molecule has 3 rings (SSSR count). The van der Waals surface area contributed by atoms with E-state index < -0.39 is 50.9 Å². The second kappa shape index (κ2) is 7.23. The second-order valence-electron chi connectivity index (χ2n) is 6.18. The Bertz CT molecular complexity index is 913. The first kappa shape index (κ1) is 20.4. The van der Waals surface area contributed by atoms with Crippen LogP contribution in [-0.2, 0) is 0 Å². The Kier molecular flexibility index (Phi) is 5.26. The summed E-state index contributed by atoms with van der Waals surface area (Å²) < 4.78 is -1.92. The molecular formula is C16H12Cl3N3O6. The molecule has 1 aliphatic carbocycles. The van der Waals surface area contributed by atoms with Crippen molar-refractivity contribution in [2.75, 3.05) is 6.54 Å². The van der Waals surface area contributed by atoms with Crippen molar-refractivity contribution in [3.05, 3.63) is 51.6 Å². The Hall–Kier alpha value is -2.36. The van der Waals surface area contributed by atoms with Crippen LogP contribution in [0.15, 0.2) is 30.4 Å². The molecule has 0 unspecified atom stereocenters. The lowest BCUT2D eigenvalue weighted by atomic mass is 10.1. The molecule has 1 aromatic rings. The third-order valence-electron chi connectivity index (χ3n) is 4.51. The molecule has 148 valence electrons. The standard InChI is InChI=1S/C16H12Cl3N3O6/c17-16(18,19)7-20(15(25)26)9-4-2-5-10(9)21-13(23)8-3-1-6-11(22(27)28)12(8)14(21)24/h1-4,6,9-10H,5,7H2,(H,25,26)/t9-,10+/m0/s1. The molecule has 0 saturated carbocycles. The lowest BCUT2D eigenvalue weighted by molar-refractivity contribution is -0.385. The van der Waals surface area contributed by atoms with Gasteiger partial charge in [0.2, 0.25) is 3.79 Å². The van der Waals surface area contributed by atoms with E-state index in [0.717, 1.165) is 15.9 Å². The van der Waals surface area contributed by atoms with Gasteiger partial charge in [0, 0.05) is 6.07 Å². The number of hydrogen-bond donors (Lipinski definition) is 1. The zero-order chi connectivity index (χ0) is 20.8. The molecule has 2 aliphatic rings. The van der Waals surface area contributed by atoms with Crippen LogP contribution in [0.1, 0.15) is 27.1 Å². The van der Waals surface area contributed by atoms with Crippen molar-refractivity contribution in [1.29, 1.82) is 0 Å². The van der Waals surface area contributed by atoms with Crippen LogP contribution in [0.3, 0.4) is 0 Å². The summed E-state index contributed by atoms with van der Waals surface area (Å²) >= 11 is 17.2. The number of nitrogens with zero attached hydrogens (tertiary/aromatic N) is 3. The Morgan fingerprint density at radius 3 is 2.57 bits per heavy atom. The van der Waals surface area contributed by atoms with Gasteiger partial charge in [-0.2, -0.15) is 0 Å². The number of alkyl halides is 3. The highest BCUT2D eigenvalue weighted by Crippen LogP contribution is 2.36. The Morgan fingerprint density at radius 2 is 2.00 bits per heavy atom. The van der Waals surface area contributed by atoms with Gasteiger partial charge in [0.1, 0.15) is 5.56 Å². The smallest absolute Gasteiger partial charge is 0.408 e. The summed E-state index contributed by atoms with van der Waals surface area (Å²) in [5.41, 5.74) is -0.906. The van der Waals surface area contributed by atoms with Crippen LogP contribution >= 0.6 is 34.8 Å². The first-order valence-electron chi connectivity index (χ1n) is 7.91. The van der Waals surface area contributed by atoms with E-state index in [1.807, 2.05) is 0 Å². The van der Waals surface area contributed by atoms with Gasteiger partial charge in [0.25, 0.3) is 17.5 Å². The van der Waals surface area contributed by atoms with Crippen LogP contribution in [0.5, 0.6) is 0 Å². The van der Waals surface area contributed by atoms with Crippen LogP contribution in [0.2, 0.25) is 0 Å². The monoisotopic (exact) mass is 447 g/mol. The number of amides is 3. The van der Waals surface area contributed by atoms with Crippen LogP contribution in [0.25, 0.3) is 0 Å². The molecule has 28 heavy (non-hydrogen) atoms. The third-order valence-corrected chi connectivity index (χ3v) is 4.87. The number of hydrogen-bond acceptors (Lipinski definition) is 5. The van der Waals surface area contributed by atoms with Gasteiger partial charge in [-0.25, -0.2) is 4.79 Å². The highest BCUT2D eigenvalue weighted by molar-refractivity contribution is 6.67. The van der Waals surface area contributed by atoms with Crippen LogP contribution < -0.4 is 0 Å². The predicted molar refractivity (Wildman–Crippen MR) is 100.0 cm³/mol. The summed E-state index contributed by atoms with van der Waals surface area (Å²) in [5.74, 6) is -1.59. The van der Waals surface area contributed by atoms with Gasteiger partial charge in [0.05, 0.1) is 29.1 Å². The summed E-state index contributed by atoms with van der Waals surface area (Å²) in [7, 11) is 0. The molecule has 12 heteroatoms. The summed E-state index contributed by atoms with van der Waals surface area (Å²) in [5, 5.41) is 20.8. The van der Waals surface area contributed by atoms with Crippen molar-refractivity contribution >= 4 is 58.4 Å². The maximum atomic E-state index is 12.9. The number of nitro groups is 1. The van der Waals surface area contributed by atoms with E-state index >= 15 is 0 Å². The summed E-state index contributed by atoms with van der Waals surface area (Å²) in [6.07, 6.45) is 1.85. The van der Waals surface area contributed by atoms with Gasteiger partial charge in [-0.15, -0.1) is 0 Å². The van der Waals surface area contributed by atoms with Crippen LogP contribution in [-0.4, -0.2) is 60.2 Å². The number of carbonyl (C=O) groups is 3. The SMILES string of the molecule is O=C(O)N(CC(Cl)(Cl)Cl)[C@H]1C=CC[C@H]1N1C(=O)c2cccc([N+](=O)[O-])c2C1=O. The first-order valence-corrected chi connectivity index (χ1v) is 9.04.